The van der Waals surface area contributed by atoms with Gasteiger partial charge in [-0.2, -0.15) is 0 Å². The fraction of sp³-hybridized carbons (Fsp3) is 0.154. The minimum atomic E-state index is -0.526. The first-order valence-electron chi connectivity index (χ1n) is 10.9. The van der Waals surface area contributed by atoms with E-state index >= 15 is 0 Å². The van der Waals surface area contributed by atoms with Crippen molar-refractivity contribution >= 4 is 23.6 Å². The first-order chi connectivity index (χ1) is 16.9. The summed E-state index contributed by atoms with van der Waals surface area (Å²) >= 11 is 0. The summed E-state index contributed by atoms with van der Waals surface area (Å²) in [5.41, 5.74) is 6.75. The number of fused-ring (bicyclic) bond motifs is 1. The number of nitrogens with one attached hydrogen (secondary N) is 2. The topological polar surface area (TPSA) is 114 Å². The molecule has 0 aromatic heterocycles. The van der Waals surface area contributed by atoms with Gasteiger partial charge < -0.3 is 9.47 Å². The van der Waals surface area contributed by atoms with Crippen LogP contribution in [0.1, 0.15) is 53.9 Å². The van der Waals surface area contributed by atoms with Crippen molar-refractivity contribution in [3.8, 4) is 11.5 Å². The monoisotopic (exact) mass is 473 g/mol. The van der Waals surface area contributed by atoms with Crippen molar-refractivity contribution in [2.24, 2.45) is 0 Å². The van der Waals surface area contributed by atoms with Crippen molar-refractivity contribution in [3.05, 3.63) is 94.5 Å². The zero-order chi connectivity index (χ0) is 24.9. The molecule has 0 spiro atoms. The van der Waals surface area contributed by atoms with Crippen molar-refractivity contribution in [2.45, 2.75) is 13.5 Å². The summed E-state index contributed by atoms with van der Waals surface area (Å²) in [7, 11) is 1.47. The Bertz CT molecular complexity index is 1270. The maximum Gasteiger partial charge on any atom is 0.269 e. The van der Waals surface area contributed by atoms with Crippen molar-refractivity contribution in [1.29, 1.82) is 0 Å². The SMILES string of the molecule is CCOc1ccc(C(=O)NNC(=O)c2ccc(CN3C(=O)c4ccccc4C3=O)cc2)cc1OC. The summed E-state index contributed by atoms with van der Waals surface area (Å²) in [5, 5.41) is 0. The highest BCUT2D eigenvalue weighted by molar-refractivity contribution is 6.21. The second-order valence-electron chi connectivity index (χ2n) is 7.65. The molecule has 2 N–H and O–H groups in total. The first kappa shape index (κ1) is 23.5. The lowest BCUT2D eigenvalue weighted by atomic mass is 10.1. The summed E-state index contributed by atoms with van der Waals surface area (Å²) < 4.78 is 10.7. The highest BCUT2D eigenvalue weighted by Gasteiger charge is 2.34. The Labute approximate surface area is 201 Å². The third-order valence-corrected chi connectivity index (χ3v) is 5.45. The number of rotatable bonds is 7. The molecule has 0 saturated carbocycles. The molecule has 3 aromatic carbocycles. The number of carbonyl (C=O) groups is 4. The Morgan fingerprint density at radius 2 is 1.37 bits per heavy atom. The molecule has 0 fully saturated rings. The van der Waals surface area contributed by atoms with Crippen LogP contribution in [0.25, 0.3) is 0 Å². The average Bonchev–Trinajstić information content (AvgIpc) is 3.12. The highest BCUT2D eigenvalue weighted by atomic mass is 16.5. The van der Waals surface area contributed by atoms with E-state index in [1.54, 1.807) is 60.7 Å². The lowest BCUT2D eigenvalue weighted by molar-refractivity contribution is 0.0641. The van der Waals surface area contributed by atoms with Crippen LogP contribution in [-0.4, -0.2) is 42.2 Å². The molecule has 178 valence electrons. The van der Waals surface area contributed by atoms with Gasteiger partial charge in [-0.15, -0.1) is 0 Å². The molecule has 0 unspecified atom stereocenters. The van der Waals surface area contributed by atoms with Crippen molar-refractivity contribution in [1.82, 2.24) is 15.8 Å². The molecule has 1 heterocycles. The number of imide groups is 1. The molecule has 9 heteroatoms. The van der Waals surface area contributed by atoms with Crippen LogP contribution in [-0.2, 0) is 6.54 Å². The second kappa shape index (κ2) is 10.1. The van der Waals surface area contributed by atoms with E-state index in [4.69, 9.17) is 9.47 Å². The van der Waals surface area contributed by atoms with E-state index in [0.717, 1.165) is 0 Å². The Morgan fingerprint density at radius 3 is 1.94 bits per heavy atom. The van der Waals surface area contributed by atoms with Gasteiger partial charge in [0.05, 0.1) is 31.4 Å². The van der Waals surface area contributed by atoms with Gasteiger partial charge in [0.15, 0.2) is 11.5 Å². The maximum absolute atomic E-state index is 12.5. The molecule has 0 saturated heterocycles. The Hall–Kier alpha value is -4.66. The van der Waals surface area contributed by atoms with Gasteiger partial charge in [0.25, 0.3) is 23.6 Å². The van der Waals surface area contributed by atoms with E-state index < -0.39 is 11.8 Å². The molecular formula is C26H23N3O6. The van der Waals surface area contributed by atoms with E-state index in [1.165, 1.54) is 18.1 Å². The van der Waals surface area contributed by atoms with Gasteiger partial charge in [0.1, 0.15) is 0 Å². The van der Waals surface area contributed by atoms with Crippen LogP contribution < -0.4 is 20.3 Å². The average molecular weight is 473 g/mol. The molecule has 35 heavy (non-hydrogen) atoms. The van der Waals surface area contributed by atoms with Crippen LogP contribution in [0.2, 0.25) is 0 Å². The zero-order valence-corrected chi connectivity index (χ0v) is 19.2. The Kier molecular flexibility index (Phi) is 6.77. The molecule has 0 radical (unpaired) electrons. The normalized spacial score (nSPS) is 12.2. The van der Waals surface area contributed by atoms with Crippen molar-refractivity contribution < 1.29 is 28.7 Å². The number of hydrazine groups is 1. The highest BCUT2D eigenvalue weighted by Crippen LogP contribution is 2.28. The number of methoxy groups -OCH3 is 1. The molecular weight excluding hydrogens is 450 g/mol. The van der Waals surface area contributed by atoms with Crippen LogP contribution in [0.5, 0.6) is 11.5 Å². The molecule has 4 amide bonds. The predicted octanol–water partition coefficient (Wildman–Crippen LogP) is 2.96. The number of amides is 4. The molecule has 4 rings (SSSR count). The third-order valence-electron chi connectivity index (χ3n) is 5.45. The van der Waals surface area contributed by atoms with E-state index in [9.17, 15) is 19.2 Å². The molecule has 1 aliphatic rings. The molecule has 0 bridgehead atoms. The number of hydrogen-bond donors (Lipinski definition) is 2. The molecule has 9 nitrogen and oxygen atoms in total. The maximum atomic E-state index is 12.5. The molecule has 1 aliphatic heterocycles. The number of ether oxygens (including phenoxy) is 2. The van der Waals surface area contributed by atoms with Crippen LogP contribution in [0.3, 0.4) is 0 Å². The minimum absolute atomic E-state index is 0.0879. The fourth-order valence-corrected chi connectivity index (χ4v) is 3.67. The quantitative estimate of drug-likeness (QED) is 0.403. The van der Waals surface area contributed by atoms with E-state index in [0.29, 0.717) is 40.4 Å². The van der Waals surface area contributed by atoms with Crippen LogP contribution in [0.15, 0.2) is 66.7 Å². The Balaban J connectivity index is 1.35. The largest absolute Gasteiger partial charge is 0.493 e. The first-order valence-corrected chi connectivity index (χ1v) is 10.9. The summed E-state index contributed by atoms with van der Waals surface area (Å²) in [6.45, 7) is 2.38. The van der Waals surface area contributed by atoms with Gasteiger partial charge in [0, 0.05) is 11.1 Å². The van der Waals surface area contributed by atoms with Gasteiger partial charge in [-0.3, -0.25) is 34.9 Å². The number of carbonyl (C=O) groups excluding carboxylic acids is 4. The van der Waals surface area contributed by atoms with Gasteiger partial charge in [-0.25, -0.2) is 0 Å². The lowest BCUT2D eigenvalue weighted by Gasteiger charge is -2.14. The minimum Gasteiger partial charge on any atom is -0.493 e. The molecule has 0 atom stereocenters. The lowest BCUT2D eigenvalue weighted by Crippen LogP contribution is -2.41. The Morgan fingerprint density at radius 1 is 0.800 bits per heavy atom. The zero-order valence-electron chi connectivity index (χ0n) is 19.2. The van der Waals surface area contributed by atoms with Crippen molar-refractivity contribution in [2.75, 3.05) is 13.7 Å². The van der Waals surface area contributed by atoms with Crippen LogP contribution in [0, 0.1) is 0 Å². The van der Waals surface area contributed by atoms with Crippen LogP contribution in [0.4, 0.5) is 0 Å². The van der Waals surface area contributed by atoms with Gasteiger partial charge in [-0.1, -0.05) is 24.3 Å². The summed E-state index contributed by atoms with van der Waals surface area (Å²) in [4.78, 5) is 51.1. The van der Waals surface area contributed by atoms with Gasteiger partial charge in [-0.05, 0) is 55.0 Å². The predicted molar refractivity (Wildman–Crippen MR) is 126 cm³/mol. The van der Waals surface area contributed by atoms with Gasteiger partial charge >= 0.3 is 0 Å². The number of hydrogen-bond acceptors (Lipinski definition) is 6. The van der Waals surface area contributed by atoms with E-state index in [1.807, 2.05) is 6.92 Å². The van der Waals surface area contributed by atoms with Gasteiger partial charge in [0.2, 0.25) is 0 Å². The second-order valence-corrected chi connectivity index (χ2v) is 7.65. The van der Waals surface area contributed by atoms with Crippen LogP contribution >= 0.6 is 0 Å². The number of benzene rings is 3. The summed E-state index contributed by atoms with van der Waals surface area (Å²) in [5.74, 6) is -0.830. The number of nitrogens with zero attached hydrogens (tertiary/aromatic N) is 1. The molecule has 3 aromatic rings. The summed E-state index contributed by atoms with van der Waals surface area (Å²) in [6.07, 6.45) is 0. The fourth-order valence-electron chi connectivity index (χ4n) is 3.67. The standard InChI is InChI=1S/C26H23N3O6/c1-3-35-21-13-12-18(14-22(21)34-2)24(31)28-27-23(30)17-10-8-16(9-11-17)15-29-25(32)19-6-4-5-7-20(19)26(29)33/h4-14H,3,15H2,1-2H3,(H,27,30)(H,28,31). The van der Waals surface area contributed by atoms with Crippen molar-refractivity contribution in [3.63, 3.8) is 0 Å². The summed E-state index contributed by atoms with van der Waals surface area (Å²) in [6, 6.07) is 17.8. The van der Waals surface area contributed by atoms with E-state index in [2.05, 4.69) is 10.9 Å². The smallest absolute Gasteiger partial charge is 0.269 e. The van der Waals surface area contributed by atoms with E-state index in [-0.39, 0.29) is 23.9 Å². The third kappa shape index (κ3) is 4.84. The molecule has 0 aliphatic carbocycles.